The third-order valence-electron chi connectivity index (χ3n) is 5.48. The number of hydrogen-bond donors (Lipinski definition) is 1. The van der Waals surface area contributed by atoms with Crippen molar-refractivity contribution in [3.05, 3.63) is 63.6 Å². The molecule has 1 aromatic heterocycles. The molecule has 1 atom stereocenters. The van der Waals surface area contributed by atoms with Gasteiger partial charge in [0.1, 0.15) is 11.5 Å². The SMILES string of the molecule is O=C(c1ccc(F)cn1)N1CCC2(CC1)CC(O)c1cc(Br)ccc12. The van der Waals surface area contributed by atoms with E-state index in [9.17, 15) is 14.3 Å². The number of piperidine rings is 1. The number of aromatic nitrogens is 1. The second-order valence-corrected chi connectivity index (χ2v) is 7.80. The molecule has 1 saturated heterocycles. The van der Waals surface area contributed by atoms with Gasteiger partial charge in [0.25, 0.3) is 5.91 Å². The minimum Gasteiger partial charge on any atom is -0.388 e. The Morgan fingerprint density at radius 1 is 1.28 bits per heavy atom. The van der Waals surface area contributed by atoms with Crippen LogP contribution in [0.1, 0.15) is 47.0 Å². The van der Waals surface area contributed by atoms with E-state index in [0.29, 0.717) is 19.5 Å². The van der Waals surface area contributed by atoms with Crippen molar-refractivity contribution in [3.63, 3.8) is 0 Å². The molecule has 1 spiro atoms. The molecule has 4 rings (SSSR count). The van der Waals surface area contributed by atoms with E-state index in [-0.39, 0.29) is 17.0 Å². The van der Waals surface area contributed by atoms with Crippen molar-refractivity contribution in [2.45, 2.75) is 30.8 Å². The predicted octanol–water partition coefficient (Wildman–Crippen LogP) is 3.59. The van der Waals surface area contributed by atoms with Crippen molar-refractivity contribution in [2.75, 3.05) is 13.1 Å². The lowest BCUT2D eigenvalue weighted by molar-refractivity contribution is 0.0624. The van der Waals surface area contributed by atoms with Crippen LogP contribution < -0.4 is 0 Å². The van der Waals surface area contributed by atoms with Crippen molar-refractivity contribution >= 4 is 21.8 Å². The van der Waals surface area contributed by atoms with Gasteiger partial charge in [-0.05, 0) is 54.7 Å². The van der Waals surface area contributed by atoms with Gasteiger partial charge in [0.15, 0.2) is 0 Å². The standard InChI is InChI=1S/C19H18BrFN2O2/c20-12-1-3-15-14(9-12)17(24)10-19(15)5-7-23(8-6-19)18(25)16-4-2-13(21)11-22-16/h1-4,9,11,17,24H,5-8,10H2. The zero-order valence-corrected chi connectivity index (χ0v) is 15.2. The number of hydrogen-bond acceptors (Lipinski definition) is 3. The largest absolute Gasteiger partial charge is 0.388 e. The smallest absolute Gasteiger partial charge is 0.272 e. The third kappa shape index (κ3) is 2.87. The third-order valence-corrected chi connectivity index (χ3v) is 5.98. The van der Waals surface area contributed by atoms with Gasteiger partial charge in [0.2, 0.25) is 0 Å². The molecule has 0 saturated carbocycles. The van der Waals surface area contributed by atoms with Gasteiger partial charge in [0.05, 0.1) is 12.3 Å². The van der Waals surface area contributed by atoms with Crippen LogP contribution in [0, 0.1) is 5.82 Å². The minimum absolute atomic E-state index is 0.0670. The molecule has 1 N–H and O–H groups in total. The monoisotopic (exact) mass is 404 g/mol. The summed E-state index contributed by atoms with van der Waals surface area (Å²) in [4.78, 5) is 18.2. The molecule has 25 heavy (non-hydrogen) atoms. The fourth-order valence-electron chi connectivity index (χ4n) is 4.16. The number of benzene rings is 1. The number of fused-ring (bicyclic) bond motifs is 2. The zero-order valence-electron chi connectivity index (χ0n) is 13.6. The molecular formula is C19H18BrFN2O2. The summed E-state index contributed by atoms with van der Waals surface area (Å²) < 4.78 is 14.0. The molecule has 130 valence electrons. The number of likely N-dealkylation sites (tertiary alicyclic amines) is 1. The zero-order chi connectivity index (χ0) is 17.6. The first-order chi connectivity index (χ1) is 12.0. The Balaban J connectivity index is 1.52. The van der Waals surface area contributed by atoms with Gasteiger partial charge in [0, 0.05) is 23.0 Å². The van der Waals surface area contributed by atoms with E-state index in [4.69, 9.17) is 0 Å². The fourth-order valence-corrected chi connectivity index (χ4v) is 4.54. The number of aliphatic hydroxyl groups is 1. The van der Waals surface area contributed by atoms with E-state index in [2.05, 4.69) is 27.0 Å². The van der Waals surface area contributed by atoms with Gasteiger partial charge in [-0.25, -0.2) is 9.37 Å². The molecule has 2 aliphatic rings. The maximum Gasteiger partial charge on any atom is 0.272 e. The topological polar surface area (TPSA) is 53.4 Å². The van der Waals surface area contributed by atoms with Crippen molar-refractivity contribution in [3.8, 4) is 0 Å². The maximum atomic E-state index is 13.0. The summed E-state index contributed by atoms with van der Waals surface area (Å²) in [6.07, 6.45) is 2.95. The maximum absolute atomic E-state index is 13.0. The first-order valence-electron chi connectivity index (χ1n) is 8.37. The van der Waals surface area contributed by atoms with E-state index >= 15 is 0 Å². The number of carbonyl (C=O) groups is 1. The van der Waals surface area contributed by atoms with Gasteiger partial charge >= 0.3 is 0 Å². The number of pyridine rings is 1. The van der Waals surface area contributed by atoms with E-state index in [1.807, 2.05) is 12.1 Å². The Morgan fingerprint density at radius 2 is 2.04 bits per heavy atom. The number of amides is 1. The average Bonchev–Trinajstić information content (AvgIpc) is 2.87. The summed E-state index contributed by atoms with van der Waals surface area (Å²) in [7, 11) is 0. The summed E-state index contributed by atoms with van der Waals surface area (Å²) in [5, 5.41) is 10.5. The van der Waals surface area contributed by atoms with Gasteiger partial charge < -0.3 is 10.0 Å². The van der Waals surface area contributed by atoms with Crippen LogP contribution in [0.15, 0.2) is 41.0 Å². The molecule has 4 nitrogen and oxygen atoms in total. The Labute approximate surface area is 153 Å². The molecule has 0 radical (unpaired) electrons. The Hall–Kier alpha value is -1.79. The Morgan fingerprint density at radius 3 is 2.72 bits per heavy atom. The summed E-state index contributed by atoms with van der Waals surface area (Å²) in [6.45, 7) is 1.22. The van der Waals surface area contributed by atoms with Gasteiger partial charge in [-0.15, -0.1) is 0 Å². The molecule has 6 heteroatoms. The Bertz CT molecular complexity index is 817. The van der Waals surface area contributed by atoms with Crippen LogP contribution in [-0.4, -0.2) is 34.0 Å². The van der Waals surface area contributed by atoms with E-state index in [0.717, 1.165) is 29.1 Å². The van der Waals surface area contributed by atoms with Crippen LogP contribution >= 0.6 is 15.9 Å². The molecule has 1 fully saturated rings. The highest BCUT2D eigenvalue weighted by Crippen LogP contribution is 2.51. The van der Waals surface area contributed by atoms with E-state index in [1.54, 1.807) is 4.90 Å². The van der Waals surface area contributed by atoms with Crippen LogP contribution in [0.5, 0.6) is 0 Å². The number of carbonyl (C=O) groups excluding carboxylic acids is 1. The number of halogens is 2. The van der Waals surface area contributed by atoms with Crippen LogP contribution in [-0.2, 0) is 5.41 Å². The molecule has 1 aliphatic carbocycles. The van der Waals surface area contributed by atoms with E-state index < -0.39 is 11.9 Å². The predicted molar refractivity (Wildman–Crippen MR) is 94.7 cm³/mol. The van der Waals surface area contributed by atoms with Gasteiger partial charge in [-0.3, -0.25) is 4.79 Å². The number of aliphatic hydroxyl groups excluding tert-OH is 1. The average molecular weight is 405 g/mol. The summed E-state index contributed by atoms with van der Waals surface area (Å²) in [5.41, 5.74) is 2.40. The van der Waals surface area contributed by atoms with Crippen LogP contribution in [0.2, 0.25) is 0 Å². The van der Waals surface area contributed by atoms with Crippen molar-refractivity contribution in [1.82, 2.24) is 9.88 Å². The minimum atomic E-state index is -0.450. The first-order valence-corrected chi connectivity index (χ1v) is 9.17. The lowest BCUT2D eigenvalue weighted by Crippen LogP contribution is -2.44. The van der Waals surface area contributed by atoms with Gasteiger partial charge in [-0.1, -0.05) is 22.0 Å². The van der Waals surface area contributed by atoms with Crippen molar-refractivity contribution < 1.29 is 14.3 Å². The van der Waals surface area contributed by atoms with Crippen LogP contribution in [0.3, 0.4) is 0 Å². The highest BCUT2D eigenvalue weighted by atomic mass is 79.9. The number of nitrogens with zero attached hydrogens (tertiary/aromatic N) is 2. The summed E-state index contributed by atoms with van der Waals surface area (Å²) >= 11 is 3.47. The molecule has 1 aromatic carbocycles. The second kappa shape index (κ2) is 6.18. The van der Waals surface area contributed by atoms with Crippen molar-refractivity contribution in [2.24, 2.45) is 0 Å². The van der Waals surface area contributed by atoms with Gasteiger partial charge in [-0.2, -0.15) is 0 Å². The first kappa shape index (κ1) is 16.7. The molecular weight excluding hydrogens is 387 g/mol. The number of rotatable bonds is 1. The van der Waals surface area contributed by atoms with E-state index in [1.165, 1.54) is 17.7 Å². The molecule has 1 aliphatic heterocycles. The molecule has 2 heterocycles. The molecule has 0 bridgehead atoms. The summed E-state index contributed by atoms with van der Waals surface area (Å²) in [5.74, 6) is -0.610. The van der Waals surface area contributed by atoms with Crippen molar-refractivity contribution in [1.29, 1.82) is 0 Å². The van der Waals surface area contributed by atoms with Crippen LogP contribution in [0.4, 0.5) is 4.39 Å². The lowest BCUT2D eigenvalue weighted by atomic mass is 9.73. The highest BCUT2D eigenvalue weighted by molar-refractivity contribution is 9.10. The Kier molecular flexibility index (Phi) is 4.12. The fraction of sp³-hybridized carbons (Fsp3) is 0.368. The summed E-state index contributed by atoms with van der Waals surface area (Å²) in [6, 6.07) is 8.78. The molecule has 1 unspecified atom stereocenters. The molecule has 1 amide bonds. The van der Waals surface area contributed by atoms with Crippen LogP contribution in [0.25, 0.3) is 0 Å². The lowest BCUT2D eigenvalue weighted by Gasteiger charge is -2.40. The molecule has 2 aromatic rings. The second-order valence-electron chi connectivity index (χ2n) is 6.89. The highest BCUT2D eigenvalue weighted by Gasteiger charge is 2.45. The normalized spacial score (nSPS) is 21.4. The quantitative estimate of drug-likeness (QED) is 0.789.